The lowest BCUT2D eigenvalue weighted by Gasteiger charge is -2.04. The van der Waals surface area contributed by atoms with E-state index < -0.39 is 0 Å². The smallest absolute Gasteiger partial charge is 0.264 e. The maximum atomic E-state index is 12.2. The molecule has 0 aromatic heterocycles. The van der Waals surface area contributed by atoms with Crippen molar-refractivity contribution in [2.24, 2.45) is 4.99 Å². The third-order valence-electron chi connectivity index (χ3n) is 3.45. The van der Waals surface area contributed by atoms with E-state index in [4.69, 9.17) is 4.74 Å². The second kappa shape index (κ2) is 7.23. The van der Waals surface area contributed by atoms with Crippen molar-refractivity contribution < 1.29 is 9.53 Å². The molecule has 0 atom stereocenters. The number of carbonyl (C=O) groups excluding carboxylic acids is 1. The van der Waals surface area contributed by atoms with Crippen molar-refractivity contribution in [1.29, 1.82) is 0 Å². The number of amides is 1. The van der Waals surface area contributed by atoms with Crippen LogP contribution in [0.1, 0.15) is 11.1 Å². The Morgan fingerprint density at radius 3 is 2.79 bits per heavy atom. The first-order valence-electron chi connectivity index (χ1n) is 7.25. The zero-order chi connectivity index (χ0) is 17.1. The molecular weight excluding hydrogens is 388 g/mol. The Bertz CT molecular complexity index is 862. The average Bonchev–Trinajstić information content (AvgIpc) is 2.88. The molecule has 1 N–H and O–H groups in total. The monoisotopic (exact) mass is 402 g/mol. The molecule has 1 aliphatic rings. The van der Waals surface area contributed by atoms with E-state index in [9.17, 15) is 4.79 Å². The second-order valence-electron chi connectivity index (χ2n) is 5.18. The molecule has 122 valence electrons. The van der Waals surface area contributed by atoms with E-state index >= 15 is 0 Å². The summed E-state index contributed by atoms with van der Waals surface area (Å²) in [6.45, 7) is 1.99. The fraction of sp³-hybridized carbons (Fsp3) is 0.111. The van der Waals surface area contributed by atoms with Gasteiger partial charge < -0.3 is 10.1 Å². The van der Waals surface area contributed by atoms with E-state index in [1.807, 2.05) is 55.5 Å². The van der Waals surface area contributed by atoms with Crippen LogP contribution >= 0.6 is 27.7 Å². The molecule has 1 saturated heterocycles. The molecular formula is C18H15BrN2O2S. The van der Waals surface area contributed by atoms with Crippen molar-refractivity contribution in [1.82, 2.24) is 5.32 Å². The SMILES string of the molecule is COc1ccc(/C=C2\SC(=Nc3cccc(Br)c3)NC2=O)c(C)c1. The van der Waals surface area contributed by atoms with Gasteiger partial charge in [-0.25, -0.2) is 4.99 Å². The third kappa shape index (κ3) is 3.88. The number of methoxy groups -OCH3 is 1. The summed E-state index contributed by atoms with van der Waals surface area (Å²) in [4.78, 5) is 17.3. The molecule has 0 unspecified atom stereocenters. The summed E-state index contributed by atoms with van der Waals surface area (Å²) in [5, 5.41) is 3.38. The molecule has 0 radical (unpaired) electrons. The Balaban J connectivity index is 1.84. The quantitative estimate of drug-likeness (QED) is 0.759. The van der Waals surface area contributed by atoms with Gasteiger partial charge in [-0.1, -0.05) is 28.1 Å². The highest BCUT2D eigenvalue weighted by atomic mass is 79.9. The molecule has 6 heteroatoms. The predicted octanol–water partition coefficient (Wildman–Crippen LogP) is 4.66. The van der Waals surface area contributed by atoms with Gasteiger partial charge in [0.2, 0.25) is 0 Å². The molecule has 1 fully saturated rings. The summed E-state index contributed by atoms with van der Waals surface area (Å²) in [5.74, 6) is 0.666. The van der Waals surface area contributed by atoms with Gasteiger partial charge in [0.15, 0.2) is 5.17 Å². The number of amidine groups is 1. The lowest BCUT2D eigenvalue weighted by molar-refractivity contribution is -0.115. The molecule has 24 heavy (non-hydrogen) atoms. The van der Waals surface area contributed by atoms with Crippen LogP contribution in [-0.4, -0.2) is 18.2 Å². The highest BCUT2D eigenvalue weighted by molar-refractivity contribution is 9.10. The maximum Gasteiger partial charge on any atom is 0.264 e. The fourth-order valence-electron chi connectivity index (χ4n) is 2.22. The summed E-state index contributed by atoms with van der Waals surface area (Å²) in [5.41, 5.74) is 2.82. The number of ether oxygens (including phenoxy) is 1. The van der Waals surface area contributed by atoms with Crippen LogP contribution in [0.5, 0.6) is 5.75 Å². The maximum absolute atomic E-state index is 12.2. The van der Waals surface area contributed by atoms with E-state index in [0.717, 1.165) is 27.0 Å². The van der Waals surface area contributed by atoms with Crippen LogP contribution in [0.2, 0.25) is 0 Å². The van der Waals surface area contributed by atoms with Crippen LogP contribution in [-0.2, 0) is 4.79 Å². The van der Waals surface area contributed by atoms with Gasteiger partial charge in [-0.3, -0.25) is 4.79 Å². The molecule has 1 amide bonds. The minimum atomic E-state index is -0.135. The standard InChI is InChI=1S/C18H15BrN2O2S/c1-11-8-15(23-2)7-6-12(11)9-16-17(22)21-18(24-16)20-14-5-3-4-13(19)10-14/h3-10H,1-2H3,(H,20,21,22)/b16-9-. The number of thioether (sulfide) groups is 1. The van der Waals surface area contributed by atoms with E-state index in [1.54, 1.807) is 7.11 Å². The first-order chi connectivity index (χ1) is 11.5. The highest BCUT2D eigenvalue weighted by Crippen LogP contribution is 2.30. The number of nitrogens with zero attached hydrogens (tertiary/aromatic N) is 1. The fourth-order valence-corrected chi connectivity index (χ4v) is 3.44. The summed E-state index contributed by atoms with van der Waals surface area (Å²) in [6.07, 6.45) is 1.87. The summed E-state index contributed by atoms with van der Waals surface area (Å²) in [6, 6.07) is 13.4. The Hall–Kier alpha value is -2.05. The van der Waals surface area contributed by atoms with E-state index in [0.29, 0.717) is 10.1 Å². The van der Waals surface area contributed by atoms with Gasteiger partial charge in [-0.2, -0.15) is 0 Å². The zero-order valence-corrected chi connectivity index (χ0v) is 15.6. The second-order valence-corrected chi connectivity index (χ2v) is 7.13. The number of hydrogen-bond acceptors (Lipinski definition) is 4. The molecule has 0 bridgehead atoms. The first kappa shape index (κ1) is 16.8. The Morgan fingerprint density at radius 1 is 1.25 bits per heavy atom. The number of halogens is 1. The summed E-state index contributed by atoms with van der Waals surface area (Å²) in [7, 11) is 1.64. The lowest BCUT2D eigenvalue weighted by Crippen LogP contribution is -2.19. The molecule has 3 rings (SSSR count). The van der Waals surface area contributed by atoms with Crippen molar-refractivity contribution >= 4 is 50.5 Å². The normalized spacial score (nSPS) is 17.4. The number of nitrogens with one attached hydrogen (secondary N) is 1. The van der Waals surface area contributed by atoms with Crippen molar-refractivity contribution in [3.05, 3.63) is 63.0 Å². The Kier molecular flexibility index (Phi) is 5.06. The van der Waals surface area contributed by atoms with Gasteiger partial charge in [-0.15, -0.1) is 0 Å². The van der Waals surface area contributed by atoms with E-state index in [1.165, 1.54) is 11.8 Å². The van der Waals surface area contributed by atoms with Crippen molar-refractivity contribution in [3.63, 3.8) is 0 Å². The largest absolute Gasteiger partial charge is 0.497 e. The van der Waals surface area contributed by atoms with E-state index in [2.05, 4.69) is 26.2 Å². The molecule has 1 aliphatic heterocycles. The number of aliphatic imine (C=N–C) groups is 1. The van der Waals surface area contributed by atoms with Crippen LogP contribution < -0.4 is 10.1 Å². The minimum absolute atomic E-state index is 0.135. The highest BCUT2D eigenvalue weighted by Gasteiger charge is 2.24. The van der Waals surface area contributed by atoms with Crippen molar-refractivity contribution in [2.45, 2.75) is 6.92 Å². The third-order valence-corrected chi connectivity index (χ3v) is 4.86. The lowest BCUT2D eigenvalue weighted by atomic mass is 10.1. The topological polar surface area (TPSA) is 50.7 Å². The summed E-state index contributed by atoms with van der Waals surface area (Å²) < 4.78 is 6.15. The summed E-state index contributed by atoms with van der Waals surface area (Å²) >= 11 is 4.75. The van der Waals surface area contributed by atoms with Gasteiger partial charge >= 0.3 is 0 Å². The van der Waals surface area contributed by atoms with Gasteiger partial charge in [0.05, 0.1) is 17.7 Å². The van der Waals surface area contributed by atoms with Gasteiger partial charge in [0, 0.05) is 4.47 Å². The minimum Gasteiger partial charge on any atom is -0.497 e. The Labute approximate surface area is 153 Å². The average molecular weight is 403 g/mol. The van der Waals surface area contributed by atoms with Crippen LogP contribution in [0.25, 0.3) is 6.08 Å². The number of carbonyl (C=O) groups is 1. The Morgan fingerprint density at radius 2 is 2.08 bits per heavy atom. The predicted molar refractivity (Wildman–Crippen MR) is 103 cm³/mol. The number of hydrogen-bond donors (Lipinski definition) is 1. The van der Waals surface area contributed by atoms with Crippen molar-refractivity contribution in [2.75, 3.05) is 7.11 Å². The number of rotatable bonds is 3. The van der Waals surface area contributed by atoms with Gasteiger partial charge in [-0.05, 0) is 66.2 Å². The molecule has 4 nitrogen and oxygen atoms in total. The van der Waals surface area contributed by atoms with Crippen LogP contribution in [0.4, 0.5) is 5.69 Å². The van der Waals surface area contributed by atoms with Crippen molar-refractivity contribution in [3.8, 4) is 5.75 Å². The first-order valence-corrected chi connectivity index (χ1v) is 8.86. The van der Waals surface area contributed by atoms with E-state index in [-0.39, 0.29) is 5.91 Å². The van der Waals surface area contributed by atoms with Gasteiger partial charge in [0.1, 0.15) is 5.75 Å². The molecule has 0 saturated carbocycles. The van der Waals surface area contributed by atoms with Crippen LogP contribution in [0.15, 0.2) is 56.8 Å². The van der Waals surface area contributed by atoms with Crippen LogP contribution in [0.3, 0.4) is 0 Å². The van der Waals surface area contributed by atoms with Gasteiger partial charge in [0.25, 0.3) is 5.91 Å². The molecule has 2 aromatic rings. The van der Waals surface area contributed by atoms with Crippen LogP contribution in [0, 0.1) is 6.92 Å². The zero-order valence-electron chi connectivity index (χ0n) is 13.2. The molecule has 1 heterocycles. The molecule has 2 aromatic carbocycles. The number of aryl methyl sites for hydroxylation is 1. The molecule has 0 aliphatic carbocycles. The number of benzene rings is 2. The molecule has 0 spiro atoms.